The minimum Gasteiger partial charge on any atom is -0.338 e. The summed E-state index contributed by atoms with van der Waals surface area (Å²) in [6.45, 7) is 1.58. The van der Waals surface area contributed by atoms with E-state index < -0.39 is 5.69 Å². The lowest BCUT2D eigenvalue weighted by Crippen LogP contribution is -2.37. The van der Waals surface area contributed by atoms with Crippen LogP contribution in [0.15, 0.2) is 58.1 Å². The van der Waals surface area contributed by atoms with Crippen molar-refractivity contribution in [1.29, 1.82) is 0 Å². The van der Waals surface area contributed by atoms with Gasteiger partial charge in [-0.25, -0.2) is 4.79 Å². The monoisotopic (exact) mass is 363 g/mol. The Morgan fingerprint density at radius 1 is 1.00 bits per heavy atom. The molecule has 4 rings (SSSR count). The van der Waals surface area contributed by atoms with Gasteiger partial charge in [-0.05, 0) is 36.1 Å². The largest absolute Gasteiger partial charge is 0.338 e. The quantitative estimate of drug-likeness (QED) is 0.771. The molecule has 0 aliphatic carbocycles. The molecule has 0 bridgehead atoms. The fourth-order valence-corrected chi connectivity index (χ4v) is 3.66. The number of para-hydroxylation sites is 1. The highest BCUT2D eigenvalue weighted by molar-refractivity contribution is 5.77. The van der Waals surface area contributed by atoms with E-state index >= 15 is 0 Å². The summed E-state index contributed by atoms with van der Waals surface area (Å²) in [5.41, 5.74) is 2.29. The SMILES string of the molecule is O=C(CCCn1c(=O)[nH]c2ccccc2c1=O)N1CCc2ccccc2C1. The summed E-state index contributed by atoms with van der Waals surface area (Å²) in [6, 6.07) is 15.1. The summed E-state index contributed by atoms with van der Waals surface area (Å²) in [4.78, 5) is 41.8. The Hall–Kier alpha value is -3.15. The van der Waals surface area contributed by atoms with Crippen molar-refractivity contribution in [2.24, 2.45) is 0 Å². The molecule has 6 nitrogen and oxygen atoms in total. The van der Waals surface area contributed by atoms with E-state index in [2.05, 4.69) is 17.1 Å². The lowest BCUT2D eigenvalue weighted by atomic mass is 9.99. The third kappa shape index (κ3) is 3.43. The number of aromatic nitrogens is 2. The van der Waals surface area contributed by atoms with Gasteiger partial charge in [0.05, 0.1) is 10.9 Å². The second kappa shape index (κ2) is 7.23. The van der Waals surface area contributed by atoms with Gasteiger partial charge in [0, 0.05) is 26.1 Å². The molecule has 1 amide bonds. The molecule has 0 saturated carbocycles. The van der Waals surface area contributed by atoms with E-state index in [9.17, 15) is 14.4 Å². The Kier molecular flexibility index (Phi) is 4.62. The molecule has 0 atom stereocenters. The van der Waals surface area contributed by atoms with Crippen LogP contribution in [-0.4, -0.2) is 26.9 Å². The maximum Gasteiger partial charge on any atom is 0.328 e. The molecular formula is C21H21N3O3. The average molecular weight is 363 g/mol. The number of aromatic amines is 1. The zero-order chi connectivity index (χ0) is 18.8. The summed E-state index contributed by atoms with van der Waals surface area (Å²) in [5, 5.41) is 0.482. The Morgan fingerprint density at radius 2 is 1.74 bits per heavy atom. The standard InChI is InChI=1S/C21H21N3O3/c25-19(23-13-11-15-6-1-2-7-16(15)14-23)10-5-12-24-20(26)17-8-3-4-9-18(17)22-21(24)27/h1-4,6-9H,5,10-14H2,(H,22,27). The second-order valence-corrected chi connectivity index (χ2v) is 6.87. The Morgan fingerprint density at radius 3 is 2.59 bits per heavy atom. The summed E-state index contributed by atoms with van der Waals surface area (Å²) >= 11 is 0. The fourth-order valence-electron chi connectivity index (χ4n) is 3.66. The van der Waals surface area contributed by atoms with Crippen molar-refractivity contribution in [3.63, 3.8) is 0 Å². The molecule has 1 aromatic heterocycles. The summed E-state index contributed by atoms with van der Waals surface area (Å²) in [5.74, 6) is 0.0646. The van der Waals surface area contributed by atoms with E-state index in [0.29, 0.717) is 36.8 Å². The van der Waals surface area contributed by atoms with Crippen molar-refractivity contribution in [2.45, 2.75) is 32.4 Å². The number of nitrogens with zero attached hydrogens (tertiary/aromatic N) is 2. The lowest BCUT2D eigenvalue weighted by Gasteiger charge is -2.29. The smallest absolute Gasteiger partial charge is 0.328 e. The number of benzene rings is 2. The number of hydrogen-bond acceptors (Lipinski definition) is 3. The molecule has 0 spiro atoms. The molecule has 0 unspecified atom stereocenters. The van der Waals surface area contributed by atoms with Crippen LogP contribution in [0.1, 0.15) is 24.0 Å². The number of amides is 1. The lowest BCUT2D eigenvalue weighted by molar-refractivity contribution is -0.132. The van der Waals surface area contributed by atoms with Gasteiger partial charge in [0.1, 0.15) is 0 Å². The number of hydrogen-bond donors (Lipinski definition) is 1. The molecule has 1 N–H and O–H groups in total. The highest BCUT2D eigenvalue weighted by atomic mass is 16.2. The van der Waals surface area contributed by atoms with E-state index in [0.717, 1.165) is 6.42 Å². The zero-order valence-electron chi connectivity index (χ0n) is 15.0. The van der Waals surface area contributed by atoms with Crippen LogP contribution in [0.5, 0.6) is 0 Å². The summed E-state index contributed by atoms with van der Waals surface area (Å²) in [7, 11) is 0. The van der Waals surface area contributed by atoms with Crippen LogP contribution >= 0.6 is 0 Å². The number of carbonyl (C=O) groups is 1. The average Bonchev–Trinajstić information content (AvgIpc) is 2.70. The molecule has 2 aromatic carbocycles. The van der Waals surface area contributed by atoms with Gasteiger partial charge in [-0.2, -0.15) is 0 Å². The topological polar surface area (TPSA) is 75.2 Å². The van der Waals surface area contributed by atoms with Gasteiger partial charge in [-0.15, -0.1) is 0 Å². The minimum atomic E-state index is -0.432. The predicted molar refractivity (Wildman–Crippen MR) is 104 cm³/mol. The molecule has 6 heteroatoms. The molecule has 1 aliphatic rings. The second-order valence-electron chi connectivity index (χ2n) is 6.87. The zero-order valence-corrected chi connectivity index (χ0v) is 15.0. The maximum atomic E-state index is 12.5. The van der Waals surface area contributed by atoms with Gasteiger partial charge in [0.25, 0.3) is 5.56 Å². The number of nitrogens with one attached hydrogen (secondary N) is 1. The number of fused-ring (bicyclic) bond motifs is 2. The molecule has 27 heavy (non-hydrogen) atoms. The van der Waals surface area contributed by atoms with Crippen LogP contribution in [0.3, 0.4) is 0 Å². The molecule has 3 aromatic rings. The molecular weight excluding hydrogens is 342 g/mol. The van der Waals surface area contributed by atoms with Crippen molar-refractivity contribution >= 4 is 16.8 Å². The van der Waals surface area contributed by atoms with Crippen molar-refractivity contribution in [3.05, 3.63) is 80.5 Å². The highest BCUT2D eigenvalue weighted by Gasteiger charge is 2.20. The third-order valence-electron chi connectivity index (χ3n) is 5.15. The molecule has 2 heterocycles. The fraction of sp³-hybridized carbons (Fsp3) is 0.286. The van der Waals surface area contributed by atoms with Crippen LogP contribution in [0.25, 0.3) is 10.9 Å². The van der Waals surface area contributed by atoms with Crippen LogP contribution in [0.4, 0.5) is 0 Å². The van der Waals surface area contributed by atoms with Gasteiger partial charge in [0.15, 0.2) is 0 Å². The first-order valence-electron chi connectivity index (χ1n) is 9.20. The Balaban J connectivity index is 1.42. The molecule has 0 radical (unpaired) electrons. The van der Waals surface area contributed by atoms with E-state index in [4.69, 9.17) is 0 Å². The van der Waals surface area contributed by atoms with E-state index in [1.807, 2.05) is 17.0 Å². The molecule has 138 valence electrons. The number of H-pyrrole nitrogens is 1. The van der Waals surface area contributed by atoms with Crippen LogP contribution in [0, 0.1) is 0 Å². The van der Waals surface area contributed by atoms with Crippen molar-refractivity contribution in [2.75, 3.05) is 6.54 Å². The summed E-state index contributed by atoms with van der Waals surface area (Å²) in [6.07, 6.45) is 1.64. The van der Waals surface area contributed by atoms with Gasteiger partial charge < -0.3 is 9.88 Å². The first kappa shape index (κ1) is 17.3. The van der Waals surface area contributed by atoms with Crippen LogP contribution in [0.2, 0.25) is 0 Å². The minimum absolute atomic E-state index is 0.0646. The Labute approximate surface area is 156 Å². The van der Waals surface area contributed by atoms with Crippen LogP contribution < -0.4 is 11.2 Å². The molecule has 1 aliphatic heterocycles. The maximum absolute atomic E-state index is 12.5. The van der Waals surface area contributed by atoms with Crippen molar-refractivity contribution in [3.8, 4) is 0 Å². The van der Waals surface area contributed by atoms with Crippen molar-refractivity contribution < 1.29 is 4.79 Å². The predicted octanol–water partition coefficient (Wildman–Crippen LogP) is 2.05. The van der Waals surface area contributed by atoms with Gasteiger partial charge in [-0.3, -0.25) is 14.2 Å². The third-order valence-corrected chi connectivity index (χ3v) is 5.15. The molecule has 0 fully saturated rings. The number of carbonyl (C=O) groups excluding carboxylic acids is 1. The Bertz CT molecular complexity index is 1110. The van der Waals surface area contributed by atoms with Gasteiger partial charge in [0.2, 0.25) is 5.91 Å². The van der Waals surface area contributed by atoms with E-state index in [1.54, 1.807) is 24.3 Å². The number of rotatable bonds is 4. The summed E-state index contributed by atoms with van der Waals surface area (Å²) < 4.78 is 1.18. The van der Waals surface area contributed by atoms with E-state index in [1.165, 1.54) is 15.7 Å². The first-order valence-corrected chi connectivity index (χ1v) is 9.20. The first-order chi connectivity index (χ1) is 13.1. The van der Waals surface area contributed by atoms with Gasteiger partial charge in [-0.1, -0.05) is 36.4 Å². The normalized spacial score (nSPS) is 13.6. The van der Waals surface area contributed by atoms with E-state index in [-0.39, 0.29) is 18.0 Å². The van der Waals surface area contributed by atoms with Crippen molar-refractivity contribution in [1.82, 2.24) is 14.5 Å². The molecule has 0 saturated heterocycles. The highest BCUT2D eigenvalue weighted by Crippen LogP contribution is 2.19. The van der Waals surface area contributed by atoms with Gasteiger partial charge >= 0.3 is 5.69 Å². The van der Waals surface area contributed by atoms with Crippen LogP contribution in [-0.2, 0) is 24.3 Å².